The molecule has 2 aromatic carbocycles. The zero-order chi connectivity index (χ0) is 20.7. The Morgan fingerprint density at radius 2 is 2.00 bits per heavy atom. The lowest BCUT2D eigenvalue weighted by Crippen LogP contribution is -2.30. The first kappa shape index (κ1) is 21.5. The van der Waals surface area contributed by atoms with E-state index in [2.05, 4.69) is 5.32 Å². The van der Waals surface area contributed by atoms with Crippen LogP contribution in [0.15, 0.2) is 47.4 Å². The van der Waals surface area contributed by atoms with Gasteiger partial charge in [-0.15, -0.1) is 11.8 Å². The second-order valence-electron chi connectivity index (χ2n) is 5.48. The number of hydrogen-bond donors (Lipinski definition) is 1. The van der Waals surface area contributed by atoms with Crippen molar-refractivity contribution in [1.29, 1.82) is 0 Å². The van der Waals surface area contributed by atoms with E-state index in [0.29, 0.717) is 5.02 Å². The zero-order valence-electron chi connectivity index (χ0n) is 15.0. The lowest BCUT2D eigenvalue weighted by Gasteiger charge is -2.15. The average molecular weight is 425 g/mol. The largest absolute Gasteiger partial charge is 0.495 e. The fourth-order valence-corrected chi connectivity index (χ4v) is 3.15. The molecule has 148 valence electrons. The molecule has 1 atom stereocenters. The van der Waals surface area contributed by atoms with Crippen LogP contribution in [0.5, 0.6) is 5.75 Å². The fourth-order valence-electron chi connectivity index (χ4n) is 2.12. The molecule has 0 radical (unpaired) electrons. The van der Waals surface area contributed by atoms with Gasteiger partial charge in [0, 0.05) is 17.0 Å². The summed E-state index contributed by atoms with van der Waals surface area (Å²) in [4.78, 5) is 35.3. The number of hydrogen-bond acceptors (Lipinski definition) is 7. The second kappa shape index (κ2) is 9.95. The number of carbonyl (C=O) groups excluding carboxylic acids is 2. The third-order valence-corrected chi connectivity index (χ3v) is 5.00. The molecule has 0 saturated carbocycles. The number of esters is 1. The number of carbonyl (C=O) groups is 2. The minimum atomic E-state index is -1.11. The van der Waals surface area contributed by atoms with Crippen LogP contribution in [0.2, 0.25) is 5.02 Å². The first-order chi connectivity index (χ1) is 13.3. The first-order valence-electron chi connectivity index (χ1n) is 8.02. The zero-order valence-corrected chi connectivity index (χ0v) is 16.6. The van der Waals surface area contributed by atoms with Gasteiger partial charge in [0.05, 0.1) is 28.5 Å². The van der Waals surface area contributed by atoms with Crippen molar-refractivity contribution in [2.75, 3.05) is 18.2 Å². The van der Waals surface area contributed by atoms with E-state index in [-0.39, 0.29) is 22.9 Å². The average Bonchev–Trinajstić information content (AvgIpc) is 2.67. The third-order valence-electron chi connectivity index (χ3n) is 3.51. The molecular formula is C18H17ClN2O6S. The summed E-state index contributed by atoms with van der Waals surface area (Å²) >= 11 is 7.21. The van der Waals surface area contributed by atoms with E-state index in [0.717, 1.165) is 4.90 Å². The first-order valence-corrected chi connectivity index (χ1v) is 9.38. The predicted octanol–water partition coefficient (Wildman–Crippen LogP) is 3.92. The molecule has 28 heavy (non-hydrogen) atoms. The maximum absolute atomic E-state index is 12.3. The van der Waals surface area contributed by atoms with E-state index >= 15 is 0 Å². The molecule has 2 rings (SSSR count). The van der Waals surface area contributed by atoms with Crippen LogP contribution in [0.1, 0.15) is 6.92 Å². The van der Waals surface area contributed by atoms with Gasteiger partial charge in [-0.3, -0.25) is 19.7 Å². The number of nitrogens with one attached hydrogen (secondary N) is 1. The van der Waals surface area contributed by atoms with Crippen molar-refractivity contribution in [3.05, 3.63) is 57.6 Å². The molecule has 0 aliphatic rings. The minimum absolute atomic E-state index is 0.0263. The van der Waals surface area contributed by atoms with Gasteiger partial charge in [-0.1, -0.05) is 23.7 Å². The van der Waals surface area contributed by atoms with Crippen molar-refractivity contribution in [2.24, 2.45) is 0 Å². The Labute approximate surface area is 170 Å². The number of benzene rings is 2. The van der Waals surface area contributed by atoms with E-state index < -0.39 is 22.9 Å². The smallest absolute Gasteiger partial charge is 0.317 e. The van der Waals surface area contributed by atoms with Gasteiger partial charge >= 0.3 is 5.97 Å². The molecule has 0 saturated heterocycles. The van der Waals surface area contributed by atoms with E-state index in [1.54, 1.807) is 24.3 Å². The highest BCUT2D eigenvalue weighted by Gasteiger charge is 2.21. The molecule has 0 aliphatic heterocycles. The Kier molecular flexibility index (Phi) is 7.65. The Hall–Kier alpha value is -2.78. The highest BCUT2D eigenvalue weighted by Crippen LogP contribution is 2.29. The lowest BCUT2D eigenvalue weighted by molar-refractivity contribution is -0.384. The minimum Gasteiger partial charge on any atom is -0.495 e. The quantitative estimate of drug-likeness (QED) is 0.296. The summed E-state index contributed by atoms with van der Waals surface area (Å²) < 4.78 is 10.2. The summed E-state index contributed by atoms with van der Waals surface area (Å²) in [5.41, 5.74) is -0.105. The Morgan fingerprint density at radius 1 is 1.29 bits per heavy atom. The number of halogens is 1. The SMILES string of the molecule is COc1ccc([N+](=O)[O-])cc1NC(=O)C(C)OC(=O)CSc1ccccc1Cl. The standard InChI is InChI=1S/C18H17ClN2O6S/c1-11(27-17(22)10-28-16-6-4-3-5-13(16)19)18(23)20-14-9-12(21(24)25)7-8-15(14)26-2/h3-9,11H,10H2,1-2H3,(H,20,23). The molecule has 0 spiro atoms. The van der Waals surface area contributed by atoms with Crippen molar-refractivity contribution in [3.63, 3.8) is 0 Å². The van der Waals surface area contributed by atoms with Gasteiger partial charge in [0.2, 0.25) is 0 Å². The Morgan fingerprint density at radius 3 is 2.64 bits per heavy atom. The van der Waals surface area contributed by atoms with Gasteiger partial charge in [-0.05, 0) is 25.1 Å². The van der Waals surface area contributed by atoms with Crippen molar-refractivity contribution < 1.29 is 24.0 Å². The number of thioether (sulfide) groups is 1. The predicted molar refractivity (Wildman–Crippen MR) is 106 cm³/mol. The maximum atomic E-state index is 12.3. The number of rotatable bonds is 8. The van der Waals surface area contributed by atoms with E-state index in [9.17, 15) is 19.7 Å². The molecule has 1 unspecified atom stereocenters. The molecular weight excluding hydrogens is 408 g/mol. The summed E-state index contributed by atoms with van der Waals surface area (Å²) in [6.07, 6.45) is -1.11. The number of ether oxygens (including phenoxy) is 2. The maximum Gasteiger partial charge on any atom is 0.317 e. The summed E-state index contributed by atoms with van der Waals surface area (Å²) in [5.74, 6) is -1.03. The lowest BCUT2D eigenvalue weighted by atomic mass is 10.2. The van der Waals surface area contributed by atoms with Gasteiger partial charge in [-0.2, -0.15) is 0 Å². The summed E-state index contributed by atoms with van der Waals surface area (Å²) in [7, 11) is 1.37. The topological polar surface area (TPSA) is 108 Å². The monoisotopic (exact) mass is 424 g/mol. The fraction of sp³-hybridized carbons (Fsp3) is 0.222. The number of non-ortho nitro benzene ring substituents is 1. The normalized spacial score (nSPS) is 11.4. The van der Waals surface area contributed by atoms with E-state index in [1.807, 2.05) is 0 Å². The molecule has 10 heteroatoms. The third kappa shape index (κ3) is 5.86. The van der Waals surface area contributed by atoms with Gasteiger partial charge in [0.25, 0.3) is 11.6 Å². The van der Waals surface area contributed by atoms with Crippen LogP contribution in [-0.4, -0.2) is 35.8 Å². The van der Waals surface area contributed by atoms with Crippen molar-refractivity contribution in [2.45, 2.75) is 17.9 Å². The van der Waals surface area contributed by atoms with Crippen molar-refractivity contribution >= 4 is 46.6 Å². The number of nitrogens with zero attached hydrogens (tertiary/aromatic N) is 1. The number of methoxy groups -OCH3 is 1. The van der Waals surface area contributed by atoms with Crippen LogP contribution in [0, 0.1) is 10.1 Å². The number of amides is 1. The highest BCUT2D eigenvalue weighted by atomic mass is 35.5. The Bertz CT molecular complexity index is 892. The molecule has 0 aliphatic carbocycles. The van der Waals surface area contributed by atoms with Gasteiger partial charge < -0.3 is 14.8 Å². The Balaban J connectivity index is 1.95. The summed E-state index contributed by atoms with van der Waals surface area (Å²) in [6.45, 7) is 1.40. The summed E-state index contributed by atoms with van der Waals surface area (Å²) in [5, 5.41) is 13.9. The molecule has 2 aromatic rings. The van der Waals surface area contributed by atoms with Crippen LogP contribution >= 0.6 is 23.4 Å². The molecule has 8 nitrogen and oxygen atoms in total. The molecule has 0 fully saturated rings. The summed E-state index contributed by atoms with van der Waals surface area (Å²) in [6, 6.07) is 10.8. The van der Waals surface area contributed by atoms with Crippen molar-refractivity contribution in [3.8, 4) is 5.75 Å². The molecule has 0 aromatic heterocycles. The van der Waals surface area contributed by atoms with Crippen LogP contribution in [0.25, 0.3) is 0 Å². The van der Waals surface area contributed by atoms with E-state index in [1.165, 1.54) is 44.0 Å². The van der Waals surface area contributed by atoms with Gasteiger partial charge in [-0.25, -0.2) is 0 Å². The van der Waals surface area contributed by atoms with Crippen LogP contribution in [0.4, 0.5) is 11.4 Å². The van der Waals surface area contributed by atoms with Gasteiger partial charge in [0.1, 0.15) is 5.75 Å². The van der Waals surface area contributed by atoms with Crippen LogP contribution in [-0.2, 0) is 14.3 Å². The number of anilines is 1. The van der Waals surface area contributed by atoms with Crippen molar-refractivity contribution in [1.82, 2.24) is 0 Å². The molecule has 1 amide bonds. The second-order valence-corrected chi connectivity index (χ2v) is 6.91. The van der Waals surface area contributed by atoms with E-state index in [4.69, 9.17) is 21.1 Å². The van der Waals surface area contributed by atoms with Crippen LogP contribution in [0.3, 0.4) is 0 Å². The number of nitro benzene ring substituents is 1. The molecule has 0 heterocycles. The molecule has 1 N–H and O–H groups in total. The van der Waals surface area contributed by atoms with Gasteiger partial charge in [0.15, 0.2) is 6.10 Å². The van der Waals surface area contributed by atoms with Crippen LogP contribution < -0.4 is 10.1 Å². The highest BCUT2D eigenvalue weighted by molar-refractivity contribution is 8.00. The molecule has 0 bridgehead atoms. The number of nitro groups is 1.